The van der Waals surface area contributed by atoms with Crippen LogP contribution in [0, 0.1) is 0 Å². The molecule has 0 N–H and O–H groups in total. The predicted octanol–water partition coefficient (Wildman–Crippen LogP) is 11.7. The first kappa shape index (κ1) is 27.3. The van der Waals surface area contributed by atoms with Gasteiger partial charge in [0, 0.05) is 36.9 Å². The molecule has 2 heterocycles. The summed E-state index contributed by atoms with van der Waals surface area (Å²) in [7, 11) is 0. The second-order valence-electron chi connectivity index (χ2n) is 11.6. The van der Waals surface area contributed by atoms with Crippen molar-refractivity contribution >= 4 is 42.3 Å². The lowest BCUT2D eigenvalue weighted by atomic mass is 9.88. The Labute approximate surface area is 276 Å². The van der Waals surface area contributed by atoms with E-state index in [9.17, 15) is 0 Å². The highest BCUT2D eigenvalue weighted by Crippen LogP contribution is 2.47. The topological polar surface area (TPSA) is 38.7 Å². The summed E-state index contributed by atoms with van der Waals surface area (Å²) < 4.78 is 2.54. The minimum atomic E-state index is 0.645. The van der Waals surface area contributed by atoms with Gasteiger partial charge in [-0.2, -0.15) is 0 Å². The van der Waals surface area contributed by atoms with Crippen molar-refractivity contribution in [3.8, 4) is 56.4 Å². The molecular weight excluding hydrogens is 591 g/mol. The third-order valence-electron chi connectivity index (χ3n) is 8.73. The van der Waals surface area contributed by atoms with E-state index in [-0.39, 0.29) is 0 Å². The molecule has 4 heteroatoms. The van der Waals surface area contributed by atoms with Crippen LogP contribution in [0.1, 0.15) is 0 Å². The standard InChI is InChI=1S/C43H27N3S/c1-4-14-28(15-5-1)31-24-25-34(39-33-21-11-10-20-32(33)27-38-40(39)35-22-12-13-23-37(35)47-38)36(26-31)43-45-41(29-16-6-2-7-17-29)44-42(46-43)30-18-8-3-9-19-30/h1-27H. The lowest BCUT2D eigenvalue weighted by molar-refractivity contribution is 1.07. The highest BCUT2D eigenvalue weighted by Gasteiger charge is 2.21. The Hall–Kier alpha value is -5.97. The Balaban J connectivity index is 1.41. The fourth-order valence-corrected chi connectivity index (χ4v) is 7.68. The second kappa shape index (κ2) is 11.4. The molecule has 0 saturated carbocycles. The Morgan fingerprint density at radius 2 is 0.915 bits per heavy atom. The molecule has 0 radical (unpaired) electrons. The fraction of sp³-hybridized carbons (Fsp3) is 0. The van der Waals surface area contributed by atoms with Gasteiger partial charge in [0.15, 0.2) is 17.5 Å². The lowest BCUT2D eigenvalue weighted by Crippen LogP contribution is -2.01. The summed E-state index contributed by atoms with van der Waals surface area (Å²) in [6.45, 7) is 0. The summed E-state index contributed by atoms with van der Waals surface area (Å²) in [5.41, 5.74) is 7.42. The molecule has 0 unspecified atom stereocenters. The number of fused-ring (bicyclic) bond motifs is 4. The summed E-state index contributed by atoms with van der Waals surface area (Å²) in [5, 5.41) is 4.94. The largest absolute Gasteiger partial charge is 0.208 e. The van der Waals surface area contributed by atoms with E-state index in [4.69, 9.17) is 15.0 Å². The smallest absolute Gasteiger partial charge is 0.164 e. The van der Waals surface area contributed by atoms with Crippen molar-refractivity contribution < 1.29 is 0 Å². The monoisotopic (exact) mass is 617 g/mol. The molecule has 220 valence electrons. The molecule has 0 fully saturated rings. The van der Waals surface area contributed by atoms with Gasteiger partial charge >= 0.3 is 0 Å². The summed E-state index contributed by atoms with van der Waals surface area (Å²) in [6.07, 6.45) is 0. The van der Waals surface area contributed by atoms with Crippen molar-refractivity contribution in [2.24, 2.45) is 0 Å². The fourth-order valence-electron chi connectivity index (χ4n) is 6.52. The Morgan fingerprint density at radius 1 is 0.362 bits per heavy atom. The first-order valence-corrected chi connectivity index (χ1v) is 16.5. The Morgan fingerprint density at radius 3 is 1.60 bits per heavy atom. The van der Waals surface area contributed by atoms with Crippen molar-refractivity contribution in [3.05, 3.63) is 164 Å². The molecule has 9 aromatic rings. The van der Waals surface area contributed by atoms with Gasteiger partial charge in [0.05, 0.1) is 0 Å². The van der Waals surface area contributed by atoms with Crippen LogP contribution >= 0.6 is 11.3 Å². The van der Waals surface area contributed by atoms with Gasteiger partial charge in [-0.05, 0) is 51.2 Å². The predicted molar refractivity (Wildman–Crippen MR) is 197 cm³/mol. The van der Waals surface area contributed by atoms with Gasteiger partial charge in [-0.3, -0.25) is 0 Å². The molecule has 3 nitrogen and oxygen atoms in total. The van der Waals surface area contributed by atoms with E-state index in [1.165, 1.54) is 36.5 Å². The number of aromatic nitrogens is 3. The highest BCUT2D eigenvalue weighted by atomic mass is 32.1. The van der Waals surface area contributed by atoms with Crippen molar-refractivity contribution in [2.45, 2.75) is 0 Å². The van der Waals surface area contributed by atoms with E-state index < -0.39 is 0 Å². The van der Waals surface area contributed by atoms with Gasteiger partial charge in [0.2, 0.25) is 0 Å². The lowest BCUT2D eigenvalue weighted by Gasteiger charge is -2.17. The van der Waals surface area contributed by atoms with E-state index in [1.807, 2.05) is 47.7 Å². The van der Waals surface area contributed by atoms with E-state index in [2.05, 4.69) is 127 Å². The van der Waals surface area contributed by atoms with Crippen LogP contribution in [0.5, 0.6) is 0 Å². The van der Waals surface area contributed by atoms with E-state index in [0.29, 0.717) is 17.5 Å². The Bertz CT molecular complexity index is 2500. The van der Waals surface area contributed by atoms with Gasteiger partial charge in [-0.15, -0.1) is 11.3 Å². The quantitative estimate of drug-likeness (QED) is 0.193. The van der Waals surface area contributed by atoms with Crippen LogP contribution in [0.25, 0.3) is 87.4 Å². The van der Waals surface area contributed by atoms with Crippen molar-refractivity contribution in [1.82, 2.24) is 15.0 Å². The van der Waals surface area contributed by atoms with Crippen LogP contribution in [0.4, 0.5) is 0 Å². The number of rotatable bonds is 5. The first-order valence-electron chi connectivity index (χ1n) is 15.7. The Kier molecular flexibility index (Phi) is 6.65. The molecule has 7 aromatic carbocycles. The summed E-state index contributed by atoms with van der Waals surface area (Å²) in [5.74, 6) is 1.94. The van der Waals surface area contributed by atoms with Crippen LogP contribution in [-0.4, -0.2) is 15.0 Å². The van der Waals surface area contributed by atoms with Gasteiger partial charge in [0.1, 0.15) is 0 Å². The van der Waals surface area contributed by atoms with Crippen molar-refractivity contribution in [2.75, 3.05) is 0 Å². The zero-order chi connectivity index (χ0) is 31.2. The third-order valence-corrected chi connectivity index (χ3v) is 9.84. The molecule has 9 rings (SSSR count). The van der Waals surface area contributed by atoms with E-state index in [0.717, 1.165) is 33.4 Å². The average molecular weight is 618 g/mol. The molecule has 0 atom stereocenters. The molecule has 0 amide bonds. The molecule has 47 heavy (non-hydrogen) atoms. The molecule has 0 bridgehead atoms. The zero-order valence-corrected chi connectivity index (χ0v) is 26.2. The maximum atomic E-state index is 5.21. The molecule has 0 aliphatic heterocycles. The van der Waals surface area contributed by atoms with Crippen LogP contribution in [0.15, 0.2) is 164 Å². The van der Waals surface area contributed by atoms with Gasteiger partial charge in [-0.1, -0.05) is 146 Å². The molecule has 0 spiro atoms. The maximum Gasteiger partial charge on any atom is 0.164 e. The average Bonchev–Trinajstić information content (AvgIpc) is 3.52. The molecule has 0 saturated heterocycles. The van der Waals surface area contributed by atoms with Crippen LogP contribution in [-0.2, 0) is 0 Å². The highest BCUT2D eigenvalue weighted by molar-refractivity contribution is 7.26. The number of hydrogen-bond acceptors (Lipinski definition) is 4. The van der Waals surface area contributed by atoms with Crippen LogP contribution in [0.3, 0.4) is 0 Å². The van der Waals surface area contributed by atoms with Crippen molar-refractivity contribution in [1.29, 1.82) is 0 Å². The third kappa shape index (κ3) is 4.87. The molecular formula is C43H27N3S. The second-order valence-corrected chi connectivity index (χ2v) is 12.7. The van der Waals surface area contributed by atoms with Crippen LogP contribution in [0.2, 0.25) is 0 Å². The van der Waals surface area contributed by atoms with Gasteiger partial charge in [-0.25, -0.2) is 15.0 Å². The normalized spacial score (nSPS) is 11.4. The number of thiophene rings is 1. The first-order chi connectivity index (χ1) is 23.3. The minimum absolute atomic E-state index is 0.645. The van der Waals surface area contributed by atoms with E-state index >= 15 is 0 Å². The van der Waals surface area contributed by atoms with Gasteiger partial charge < -0.3 is 0 Å². The summed E-state index contributed by atoms with van der Waals surface area (Å²) in [6, 6.07) is 57.4. The number of hydrogen-bond donors (Lipinski definition) is 0. The van der Waals surface area contributed by atoms with Gasteiger partial charge in [0.25, 0.3) is 0 Å². The minimum Gasteiger partial charge on any atom is -0.208 e. The zero-order valence-electron chi connectivity index (χ0n) is 25.3. The number of nitrogens with zero attached hydrogens (tertiary/aromatic N) is 3. The molecule has 2 aromatic heterocycles. The van der Waals surface area contributed by atoms with Crippen LogP contribution < -0.4 is 0 Å². The maximum absolute atomic E-state index is 5.21. The molecule has 0 aliphatic carbocycles. The van der Waals surface area contributed by atoms with Crippen molar-refractivity contribution in [3.63, 3.8) is 0 Å². The number of benzene rings is 7. The molecule has 0 aliphatic rings. The van der Waals surface area contributed by atoms with E-state index in [1.54, 1.807) is 0 Å². The SMILES string of the molecule is c1ccc(-c2ccc(-c3c4ccccc4cc4sc5ccccc5c34)c(-c3nc(-c4ccccc4)nc(-c4ccccc4)n3)c2)cc1. The summed E-state index contributed by atoms with van der Waals surface area (Å²) >= 11 is 1.85. The summed E-state index contributed by atoms with van der Waals surface area (Å²) in [4.78, 5) is 15.4.